The number of allylic oxidation sites excluding steroid dienone is 1. The second-order valence-corrected chi connectivity index (χ2v) is 1.98. The van der Waals surface area contributed by atoms with E-state index in [1.165, 1.54) is 0 Å². The Morgan fingerprint density at radius 3 is 2.75 bits per heavy atom. The van der Waals surface area contributed by atoms with Crippen LogP contribution in [0.3, 0.4) is 0 Å². The molecule has 8 heavy (non-hydrogen) atoms. The Labute approximate surface area is 47.9 Å². The van der Waals surface area contributed by atoms with Gasteiger partial charge in [-0.3, -0.25) is 0 Å². The number of nitrogens with zero attached hydrogens (tertiary/aromatic N) is 1. The van der Waals surface area contributed by atoms with Crippen molar-refractivity contribution in [1.29, 1.82) is 0 Å². The lowest BCUT2D eigenvalue weighted by Crippen LogP contribution is -1.93. The summed E-state index contributed by atoms with van der Waals surface area (Å²) in [5.74, 6) is -0.240. The summed E-state index contributed by atoms with van der Waals surface area (Å²) in [6.45, 7) is 1.95. The molecule has 0 saturated heterocycles. The molecular weight excluding hydrogens is 105 g/mol. The van der Waals surface area contributed by atoms with Gasteiger partial charge in [0.25, 0.3) is 0 Å². The van der Waals surface area contributed by atoms with Crippen LogP contribution in [0.4, 0.5) is 4.39 Å². The minimum Gasteiger partial charge on any atom is -0.232 e. The molecule has 0 aromatic rings. The molecule has 0 spiro atoms. The monoisotopic (exact) mass is 113 g/mol. The first-order valence-corrected chi connectivity index (χ1v) is 2.67. The van der Waals surface area contributed by atoms with Crippen molar-refractivity contribution in [2.24, 2.45) is 4.99 Å². The smallest absolute Gasteiger partial charge is 0.189 e. The zero-order valence-electron chi connectivity index (χ0n) is 4.82. The second-order valence-electron chi connectivity index (χ2n) is 1.98. The standard InChI is InChI=1S/C6H8FN/c1-5-2-3-6(7)8-4-5/h4H,2-3H2,1H3. The van der Waals surface area contributed by atoms with Crippen LogP contribution in [0.1, 0.15) is 19.8 Å². The summed E-state index contributed by atoms with van der Waals surface area (Å²) in [6, 6.07) is 0. The highest BCUT2D eigenvalue weighted by molar-refractivity contribution is 5.76. The predicted molar refractivity (Wildman–Crippen MR) is 31.5 cm³/mol. The van der Waals surface area contributed by atoms with E-state index in [1.54, 1.807) is 6.20 Å². The van der Waals surface area contributed by atoms with Gasteiger partial charge in [-0.05, 0) is 13.3 Å². The van der Waals surface area contributed by atoms with Crippen molar-refractivity contribution >= 4 is 5.97 Å². The molecule has 44 valence electrons. The fraction of sp³-hybridized carbons (Fsp3) is 0.500. The average Bonchev–Trinajstić information content (AvgIpc) is 1.77. The fourth-order valence-corrected chi connectivity index (χ4v) is 0.610. The molecule has 0 saturated carbocycles. The van der Waals surface area contributed by atoms with E-state index < -0.39 is 0 Å². The van der Waals surface area contributed by atoms with E-state index in [0.29, 0.717) is 6.42 Å². The molecule has 0 N–H and O–H groups in total. The highest BCUT2D eigenvalue weighted by Gasteiger charge is 2.01. The molecule has 0 amide bonds. The first-order valence-electron chi connectivity index (χ1n) is 2.67. The molecule has 2 heteroatoms. The maximum absolute atomic E-state index is 12.1. The molecule has 0 fully saturated rings. The van der Waals surface area contributed by atoms with E-state index >= 15 is 0 Å². The normalized spacial score (nSPS) is 19.8. The van der Waals surface area contributed by atoms with Crippen molar-refractivity contribution in [3.63, 3.8) is 0 Å². The van der Waals surface area contributed by atoms with E-state index in [1.807, 2.05) is 6.92 Å². The Bertz CT molecular complexity index is 129. The summed E-state index contributed by atoms with van der Waals surface area (Å²) in [5, 5.41) is 0. The highest BCUT2D eigenvalue weighted by atomic mass is 19.1. The molecule has 0 radical (unpaired) electrons. The van der Waals surface area contributed by atoms with E-state index in [0.717, 1.165) is 12.0 Å². The Kier molecular flexibility index (Phi) is 1.42. The van der Waals surface area contributed by atoms with Gasteiger partial charge in [0.2, 0.25) is 0 Å². The third kappa shape index (κ3) is 1.15. The van der Waals surface area contributed by atoms with E-state index in [2.05, 4.69) is 4.99 Å². The molecule has 0 aromatic carbocycles. The van der Waals surface area contributed by atoms with Crippen LogP contribution < -0.4 is 0 Å². The van der Waals surface area contributed by atoms with Crippen molar-refractivity contribution in [3.05, 3.63) is 11.8 Å². The summed E-state index contributed by atoms with van der Waals surface area (Å²) in [6.07, 6.45) is 2.90. The third-order valence-electron chi connectivity index (χ3n) is 1.15. The number of aliphatic imine (C=N–C) groups is 1. The average molecular weight is 113 g/mol. The third-order valence-corrected chi connectivity index (χ3v) is 1.15. The van der Waals surface area contributed by atoms with Gasteiger partial charge >= 0.3 is 0 Å². The predicted octanol–water partition coefficient (Wildman–Crippen LogP) is 2.05. The van der Waals surface area contributed by atoms with Crippen LogP contribution in [0.2, 0.25) is 0 Å². The Morgan fingerprint density at radius 2 is 2.38 bits per heavy atom. The van der Waals surface area contributed by atoms with Crippen LogP contribution in [0.25, 0.3) is 0 Å². The van der Waals surface area contributed by atoms with Crippen molar-refractivity contribution in [2.45, 2.75) is 19.8 Å². The minimum atomic E-state index is -0.240. The molecule has 0 unspecified atom stereocenters. The van der Waals surface area contributed by atoms with Gasteiger partial charge in [0.1, 0.15) is 0 Å². The molecule has 1 aliphatic rings. The number of halogens is 1. The molecule has 1 heterocycles. The molecule has 1 rings (SSSR count). The largest absolute Gasteiger partial charge is 0.232 e. The zero-order chi connectivity index (χ0) is 5.98. The fourth-order valence-electron chi connectivity index (χ4n) is 0.610. The summed E-state index contributed by atoms with van der Waals surface area (Å²) in [5.41, 5.74) is 1.16. The summed E-state index contributed by atoms with van der Waals surface area (Å²) in [7, 11) is 0. The summed E-state index contributed by atoms with van der Waals surface area (Å²) in [4.78, 5) is 3.50. The van der Waals surface area contributed by atoms with E-state index in [4.69, 9.17) is 0 Å². The van der Waals surface area contributed by atoms with Crippen LogP contribution in [0, 0.1) is 0 Å². The molecular formula is C6H8FN. The van der Waals surface area contributed by atoms with Gasteiger partial charge in [0.15, 0.2) is 5.97 Å². The first-order chi connectivity index (χ1) is 3.79. The van der Waals surface area contributed by atoms with E-state index in [-0.39, 0.29) is 5.97 Å². The maximum atomic E-state index is 12.1. The minimum absolute atomic E-state index is 0.240. The van der Waals surface area contributed by atoms with Crippen LogP contribution in [0.5, 0.6) is 0 Å². The first kappa shape index (κ1) is 5.48. The Morgan fingerprint density at radius 1 is 1.62 bits per heavy atom. The zero-order valence-corrected chi connectivity index (χ0v) is 4.82. The quantitative estimate of drug-likeness (QED) is 0.456. The van der Waals surface area contributed by atoms with Crippen molar-refractivity contribution in [1.82, 2.24) is 0 Å². The van der Waals surface area contributed by atoms with Crippen molar-refractivity contribution < 1.29 is 4.39 Å². The lowest BCUT2D eigenvalue weighted by molar-refractivity contribution is 0.742. The highest BCUT2D eigenvalue weighted by Crippen LogP contribution is 2.11. The van der Waals surface area contributed by atoms with Gasteiger partial charge in [-0.2, -0.15) is 4.39 Å². The summed E-state index contributed by atoms with van der Waals surface area (Å²) >= 11 is 0. The maximum Gasteiger partial charge on any atom is 0.189 e. The van der Waals surface area contributed by atoms with Gasteiger partial charge in [-0.1, -0.05) is 5.57 Å². The van der Waals surface area contributed by atoms with Gasteiger partial charge in [0.05, 0.1) is 0 Å². The molecule has 0 aromatic heterocycles. The summed E-state index contributed by atoms with van der Waals surface area (Å²) < 4.78 is 12.1. The second kappa shape index (κ2) is 2.07. The van der Waals surface area contributed by atoms with Gasteiger partial charge in [-0.25, -0.2) is 4.99 Å². The number of rotatable bonds is 0. The molecule has 0 atom stereocenters. The molecule has 1 aliphatic heterocycles. The van der Waals surface area contributed by atoms with Crippen LogP contribution in [0.15, 0.2) is 16.8 Å². The van der Waals surface area contributed by atoms with Crippen LogP contribution in [-0.2, 0) is 0 Å². The van der Waals surface area contributed by atoms with Crippen LogP contribution >= 0.6 is 0 Å². The van der Waals surface area contributed by atoms with Crippen molar-refractivity contribution in [3.8, 4) is 0 Å². The van der Waals surface area contributed by atoms with Gasteiger partial charge in [-0.15, -0.1) is 0 Å². The number of hydrogen-bond acceptors (Lipinski definition) is 1. The molecule has 0 aliphatic carbocycles. The Balaban J connectivity index is 2.65. The van der Waals surface area contributed by atoms with Gasteiger partial charge < -0.3 is 0 Å². The lowest BCUT2D eigenvalue weighted by atomic mass is 10.1. The van der Waals surface area contributed by atoms with Crippen LogP contribution in [-0.4, -0.2) is 5.97 Å². The number of hydrogen-bond donors (Lipinski definition) is 0. The molecule has 1 nitrogen and oxygen atoms in total. The lowest BCUT2D eigenvalue weighted by Gasteiger charge is -2.01. The SMILES string of the molecule is CC1=CN=C(F)CC1. The van der Waals surface area contributed by atoms with Gasteiger partial charge in [0, 0.05) is 12.6 Å². The Hall–Kier alpha value is -0.660. The molecule has 0 bridgehead atoms. The topological polar surface area (TPSA) is 12.4 Å². The van der Waals surface area contributed by atoms with Crippen molar-refractivity contribution in [2.75, 3.05) is 0 Å². The van der Waals surface area contributed by atoms with E-state index in [9.17, 15) is 4.39 Å².